The van der Waals surface area contributed by atoms with Gasteiger partial charge in [-0.05, 0) is 25.1 Å². The van der Waals surface area contributed by atoms with Crippen molar-refractivity contribution >= 4 is 0 Å². The molecule has 0 aliphatic carbocycles. The first-order chi connectivity index (χ1) is 8.65. The van der Waals surface area contributed by atoms with Crippen molar-refractivity contribution in [1.82, 2.24) is 0 Å². The van der Waals surface area contributed by atoms with Crippen LogP contribution >= 0.6 is 0 Å². The van der Waals surface area contributed by atoms with Gasteiger partial charge in [0.05, 0.1) is 25.9 Å². The third-order valence-corrected chi connectivity index (χ3v) is 2.34. The highest BCUT2D eigenvalue weighted by Crippen LogP contribution is 2.25. The van der Waals surface area contributed by atoms with E-state index in [2.05, 4.69) is 0 Å². The number of halogens is 1. The Labute approximate surface area is 106 Å². The Morgan fingerprint density at radius 2 is 1.94 bits per heavy atom. The van der Waals surface area contributed by atoms with Crippen LogP contribution in [-0.4, -0.2) is 38.6 Å². The predicted octanol–water partition coefficient (Wildman–Crippen LogP) is 1.92. The number of benzene rings is 1. The summed E-state index contributed by atoms with van der Waals surface area (Å²) in [7, 11) is 1.60. The van der Waals surface area contributed by atoms with Crippen LogP contribution in [0.5, 0.6) is 5.75 Å². The molecule has 5 heteroatoms. The molecule has 4 nitrogen and oxygen atoms in total. The Hall–Kier alpha value is -1.17. The Morgan fingerprint density at radius 3 is 2.61 bits per heavy atom. The third kappa shape index (κ3) is 5.00. The lowest BCUT2D eigenvalue weighted by atomic mass is 10.1. The van der Waals surface area contributed by atoms with E-state index >= 15 is 0 Å². The van der Waals surface area contributed by atoms with Gasteiger partial charge in [-0.15, -0.1) is 0 Å². The van der Waals surface area contributed by atoms with Gasteiger partial charge in [0.1, 0.15) is 18.2 Å². The van der Waals surface area contributed by atoms with Gasteiger partial charge in [-0.2, -0.15) is 0 Å². The van der Waals surface area contributed by atoms with Crippen LogP contribution < -0.4 is 4.74 Å². The van der Waals surface area contributed by atoms with Crippen molar-refractivity contribution in [3.8, 4) is 5.75 Å². The highest BCUT2D eigenvalue weighted by molar-refractivity contribution is 5.35. The first kappa shape index (κ1) is 14.9. The van der Waals surface area contributed by atoms with Crippen molar-refractivity contribution in [3.05, 3.63) is 29.6 Å². The number of methoxy groups -OCH3 is 1. The van der Waals surface area contributed by atoms with Gasteiger partial charge < -0.3 is 19.3 Å². The van der Waals surface area contributed by atoms with E-state index in [9.17, 15) is 9.50 Å². The fourth-order valence-electron chi connectivity index (χ4n) is 1.43. The van der Waals surface area contributed by atoms with Crippen LogP contribution in [0.3, 0.4) is 0 Å². The van der Waals surface area contributed by atoms with E-state index in [-0.39, 0.29) is 0 Å². The van der Waals surface area contributed by atoms with Crippen molar-refractivity contribution < 1.29 is 23.7 Å². The zero-order valence-electron chi connectivity index (χ0n) is 10.7. The van der Waals surface area contributed by atoms with Gasteiger partial charge in [0, 0.05) is 12.7 Å². The summed E-state index contributed by atoms with van der Waals surface area (Å²) in [5, 5.41) is 9.51. The second-order valence-corrected chi connectivity index (χ2v) is 3.81. The lowest BCUT2D eigenvalue weighted by Gasteiger charge is -2.13. The predicted molar refractivity (Wildman–Crippen MR) is 65.2 cm³/mol. The number of ether oxygens (including phenoxy) is 3. The van der Waals surface area contributed by atoms with E-state index in [1.54, 1.807) is 14.0 Å². The molecular weight excluding hydrogens is 239 g/mol. The molecule has 1 atom stereocenters. The van der Waals surface area contributed by atoms with Crippen LogP contribution in [0, 0.1) is 5.82 Å². The van der Waals surface area contributed by atoms with Gasteiger partial charge in [-0.3, -0.25) is 0 Å². The van der Waals surface area contributed by atoms with Crippen LogP contribution in [0.15, 0.2) is 18.2 Å². The van der Waals surface area contributed by atoms with Gasteiger partial charge in [-0.25, -0.2) is 4.39 Å². The Bertz CT molecular complexity index is 355. The SMILES string of the molecule is COCCOCCOc1ccc(F)cc1[C@@H](C)O. The Kier molecular flexibility index (Phi) is 6.64. The van der Waals surface area contributed by atoms with Crippen molar-refractivity contribution in [2.24, 2.45) is 0 Å². The second-order valence-electron chi connectivity index (χ2n) is 3.81. The third-order valence-electron chi connectivity index (χ3n) is 2.34. The smallest absolute Gasteiger partial charge is 0.125 e. The van der Waals surface area contributed by atoms with Gasteiger partial charge in [0.25, 0.3) is 0 Å². The van der Waals surface area contributed by atoms with Gasteiger partial charge in [0.2, 0.25) is 0 Å². The highest BCUT2D eigenvalue weighted by Gasteiger charge is 2.10. The molecule has 0 aliphatic heterocycles. The lowest BCUT2D eigenvalue weighted by molar-refractivity contribution is 0.0537. The molecule has 102 valence electrons. The van der Waals surface area contributed by atoms with Crippen molar-refractivity contribution in [2.45, 2.75) is 13.0 Å². The zero-order chi connectivity index (χ0) is 13.4. The molecule has 0 saturated heterocycles. The van der Waals surface area contributed by atoms with E-state index in [0.717, 1.165) is 0 Å². The molecule has 0 aromatic heterocycles. The summed E-state index contributed by atoms with van der Waals surface area (Å²) in [5.41, 5.74) is 0.437. The van der Waals surface area contributed by atoms with E-state index in [0.29, 0.717) is 37.7 Å². The van der Waals surface area contributed by atoms with Crippen molar-refractivity contribution in [3.63, 3.8) is 0 Å². The molecule has 0 unspecified atom stereocenters. The molecule has 0 radical (unpaired) electrons. The van der Waals surface area contributed by atoms with E-state index in [1.165, 1.54) is 18.2 Å². The number of aliphatic hydroxyl groups excluding tert-OH is 1. The van der Waals surface area contributed by atoms with Crippen LogP contribution in [-0.2, 0) is 9.47 Å². The monoisotopic (exact) mass is 258 g/mol. The van der Waals surface area contributed by atoms with Gasteiger partial charge in [0.15, 0.2) is 0 Å². The summed E-state index contributed by atoms with van der Waals surface area (Å²) >= 11 is 0. The topological polar surface area (TPSA) is 47.9 Å². The summed E-state index contributed by atoms with van der Waals surface area (Å²) in [6.07, 6.45) is -0.773. The molecule has 1 N–H and O–H groups in total. The molecule has 1 aromatic rings. The van der Waals surface area contributed by atoms with Crippen molar-refractivity contribution in [1.29, 1.82) is 0 Å². The summed E-state index contributed by atoms with van der Waals surface area (Å²) in [4.78, 5) is 0. The molecule has 0 heterocycles. The molecular formula is C13H19FO4. The number of rotatable bonds is 8. The van der Waals surface area contributed by atoms with E-state index < -0.39 is 11.9 Å². The molecule has 0 bridgehead atoms. The fraction of sp³-hybridized carbons (Fsp3) is 0.538. The molecule has 0 aliphatic rings. The zero-order valence-corrected chi connectivity index (χ0v) is 10.7. The molecule has 0 saturated carbocycles. The number of hydrogen-bond donors (Lipinski definition) is 1. The maximum atomic E-state index is 13.0. The molecule has 0 amide bonds. The van der Waals surface area contributed by atoms with E-state index in [4.69, 9.17) is 14.2 Å². The van der Waals surface area contributed by atoms with Crippen LogP contribution in [0.2, 0.25) is 0 Å². The maximum Gasteiger partial charge on any atom is 0.125 e. The van der Waals surface area contributed by atoms with Crippen LogP contribution in [0.25, 0.3) is 0 Å². The maximum absolute atomic E-state index is 13.0. The molecule has 0 spiro atoms. The molecule has 18 heavy (non-hydrogen) atoms. The average Bonchev–Trinajstić information content (AvgIpc) is 2.35. The first-order valence-electron chi connectivity index (χ1n) is 5.82. The molecule has 1 aromatic carbocycles. The van der Waals surface area contributed by atoms with E-state index in [1.807, 2.05) is 0 Å². The Balaban J connectivity index is 2.42. The Morgan fingerprint density at radius 1 is 1.22 bits per heavy atom. The highest BCUT2D eigenvalue weighted by atomic mass is 19.1. The first-order valence-corrected chi connectivity index (χ1v) is 5.82. The van der Waals surface area contributed by atoms with Gasteiger partial charge >= 0.3 is 0 Å². The average molecular weight is 258 g/mol. The minimum absolute atomic E-state index is 0.342. The van der Waals surface area contributed by atoms with Crippen molar-refractivity contribution in [2.75, 3.05) is 33.5 Å². The lowest BCUT2D eigenvalue weighted by Crippen LogP contribution is -2.11. The second kappa shape index (κ2) is 8.02. The summed E-state index contributed by atoms with van der Waals surface area (Å²) < 4.78 is 28.5. The quantitative estimate of drug-likeness (QED) is 0.724. The minimum atomic E-state index is -0.773. The summed E-state index contributed by atoms with van der Waals surface area (Å²) in [5.74, 6) is 0.0799. The van der Waals surface area contributed by atoms with Crippen LogP contribution in [0.1, 0.15) is 18.6 Å². The standard InChI is InChI=1S/C13H19FO4/c1-10(15)12-9-11(14)3-4-13(12)18-8-7-17-6-5-16-2/h3-4,9-10,15H,5-8H2,1-2H3/t10-/m1/s1. The number of aliphatic hydroxyl groups is 1. The normalized spacial score (nSPS) is 12.4. The largest absolute Gasteiger partial charge is 0.491 e. The summed E-state index contributed by atoms with van der Waals surface area (Å²) in [6, 6.07) is 4.07. The number of hydrogen-bond acceptors (Lipinski definition) is 4. The minimum Gasteiger partial charge on any atom is -0.491 e. The molecule has 1 rings (SSSR count). The summed E-state index contributed by atoms with van der Waals surface area (Å²) in [6.45, 7) is 3.37. The molecule has 0 fully saturated rings. The fourth-order valence-corrected chi connectivity index (χ4v) is 1.43. The van der Waals surface area contributed by atoms with Crippen LogP contribution in [0.4, 0.5) is 4.39 Å². The van der Waals surface area contributed by atoms with Gasteiger partial charge in [-0.1, -0.05) is 0 Å².